The van der Waals surface area contributed by atoms with Crippen molar-refractivity contribution in [1.29, 1.82) is 0 Å². The van der Waals surface area contributed by atoms with E-state index in [0.717, 1.165) is 42.1 Å². The van der Waals surface area contributed by atoms with Gasteiger partial charge in [-0.3, -0.25) is 15.1 Å². The number of benzene rings is 3. The Kier molecular flexibility index (Phi) is 7.59. The lowest BCUT2D eigenvalue weighted by Crippen LogP contribution is -2.23. The normalized spacial score (nSPS) is 11.3. The van der Waals surface area contributed by atoms with E-state index in [1.807, 2.05) is 36.4 Å². The molecule has 0 spiro atoms. The number of azo groups is 1. The van der Waals surface area contributed by atoms with Crippen LogP contribution in [0.4, 0.5) is 28.4 Å². The van der Waals surface area contributed by atoms with Crippen molar-refractivity contribution in [3.8, 4) is 0 Å². The molecule has 158 valence electrons. The second kappa shape index (κ2) is 10.8. The monoisotopic (exact) mass is 415 g/mol. The first kappa shape index (κ1) is 21.8. The Bertz CT molecular complexity index is 1040. The van der Waals surface area contributed by atoms with Gasteiger partial charge in [-0.15, -0.1) is 0 Å². The van der Waals surface area contributed by atoms with Gasteiger partial charge in [0.05, 0.1) is 22.0 Å². The van der Waals surface area contributed by atoms with Crippen LogP contribution in [0.5, 0.6) is 0 Å². The van der Waals surface area contributed by atoms with Crippen LogP contribution in [0.2, 0.25) is 0 Å². The van der Waals surface area contributed by atoms with Gasteiger partial charge in [-0.05, 0) is 79.6 Å². The van der Waals surface area contributed by atoms with E-state index in [2.05, 4.69) is 46.1 Å². The zero-order valence-electron chi connectivity index (χ0n) is 17.7. The lowest BCUT2D eigenvalue weighted by Gasteiger charge is -2.22. The van der Waals surface area contributed by atoms with Crippen LogP contribution in [0.1, 0.15) is 25.8 Å². The van der Waals surface area contributed by atoms with Crippen molar-refractivity contribution in [2.75, 3.05) is 18.0 Å². The highest BCUT2D eigenvalue weighted by atomic mass is 16.6. The highest BCUT2D eigenvalue weighted by Gasteiger charge is 2.03. The molecule has 7 heteroatoms. The van der Waals surface area contributed by atoms with Crippen LogP contribution in [0.3, 0.4) is 0 Å². The maximum atomic E-state index is 10.7. The average molecular weight is 415 g/mol. The molecule has 0 saturated carbocycles. The summed E-state index contributed by atoms with van der Waals surface area (Å²) in [5.74, 6) is 0. The summed E-state index contributed by atoms with van der Waals surface area (Å²) in [6.07, 6.45) is 2.78. The highest BCUT2D eigenvalue weighted by molar-refractivity contribution is 5.82. The number of nitro groups is 1. The maximum Gasteiger partial charge on any atom is 0.269 e. The van der Waals surface area contributed by atoms with Gasteiger partial charge >= 0.3 is 0 Å². The molecule has 0 saturated heterocycles. The Labute approximate surface area is 181 Å². The first-order valence-electron chi connectivity index (χ1n) is 10.2. The predicted molar refractivity (Wildman–Crippen MR) is 126 cm³/mol. The van der Waals surface area contributed by atoms with E-state index in [-0.39, 0.29) is 5.69 Å². The second-order valence-corrected chi connectivity index (χ2v) is 6.92. The number of anilines is 1. The average Bonchev–Trinajstić information content (AvgIpc) is 2.81. The van der Waals surface area contributed by atoms with Crippen molar-refractivity contribution in [3.05, 3.63) is 88.5 Å². The van der Waals surface area contributed by atoms with Crippen molar-refractivity contribution in [1.82, 2.24) is 0 Å². The topological polar surface area (TPSA) is 83.5 Å². The number of nitrogens with zero attached hydrogens (tertiary/aromatic N) is 5. The van der Waals surface area contributed by atoms with Crippen molar-refractivity contribution in [3.63, 3.8) is 0 Å². The minimum atomic E-state index is -0.422. The molecule has 0 aliphatic heterocycles. The molecule has 0 aromatic heterocycles. The predicted octanol–water partition coefficient (Wildman–Crippen LogP) is 7.00. The number of rotatable bonds is 9. The minimum Gasteiger partial charge on any atom is -0.372 e. The fraction of sp³-hybridized carbons (Fsp3) is 0.208. The quantitative estimate of drug-likeness (QED) is 0.163. The summed E-state index contributed by atoms with van der Waals surface area (Å²) in [7, 11) is 0. The third-order valence-corrected chi connectivity index (χ3v) is 4.69. The van der Waals surface area contributed by atoms with Crippen LogP contribution in [-0.2, 0) is 0 Å². The molecule has 3 rings (SSSR count). The van der Waals surface area contributed by atoms with Crippen molar-refractivity contribution < 1.29 is 4.92 Å². The molecule has 31 heavy (non-hydrogen) atoms. The van der Waals surface area contributed by atoms with Gasteiger partial charge in [-0.2, -0.15) is 10.2 Å². The summed E-state index contributed by atoms with van der Waals surface area (Å²) < 4.78 is 0. The Morgan fingerprint density at radius 1 is 0.839 bits per heavy atom. The summed E-state index contributed by atoms with van der Waals surface area (Å²) in [6, 6.07) is 21.7. The summed E-state index contributed by atoms with van der Waals surface area (Å²) in [5, 5.41) is 19.3. The van der Waals surface area contributed by atoms with Crippen LogP contribution in [0.15, 0.2) is 88.0 Å². The molecule has 0 aliphatic rings. The van der Waals surface area contributed by atoms with Crippen LogP contribution < -0.4 is 4.90 Å². The van der Waals surface area contributed by atoms with Gasteiger partial charge in [-0.1, -0.05) is 6.92 Å². The largest absolute Gasteiger partial charge is 0.372 e. The highest BCUT2D eigenvalue weighted by Crippen LogP contribution is 2.24. The number of aliphatic imine (C=N–C) groups is 1. The number of nitro benzene ring substituents is 1. The lowest BCUT2D eigenvalue weighted by molar-refractivity contribution is -0.384. The SMILES string of the molecule is CCCN(CC)c1ccc(N=Nc2ccc(N=Cc3ccc([N+](=O)[O-])cc3)cc2)cc1. The molecule has 0 amide bonds. The van der Waals surface area contributed by atoms with Crippen LogP contribution in [0.25, 0.3) is 0 Å². The van der Waals surface area contributed by atoms with Gasteiger partial charge in [-0.25, -0.2) is 0 Å². The number of hydrogen-bond acceptors (Lipinski definition) is 6. The van der Waals surface area contributed by atoms with E-state index in [9.17, 15) is 10.1 Å². The van der Waals surface area contributed by atoms with E-state index in [1.54, 1.807) is 18.3 Å². The van der Waals surface area contributed by atoms with Gasteiger partial charge in [0.1, 0.15) is 0 Å². The molecule has 0 unspecified atom stereocenters. The maximum absolute atomic E-state index is 10.7. The Balaban J connectivity index is 1.61. The van der Waals surface area contributed by atoms with E-state index in [4.69, 9.17) is 0 Å². The Morgan fingerprint density at radius 2 is 1.39 bits per heavy atom. The van der Waals surface area contributed by atoms with E-state index >= 15 is 0 Å². The molecule has 0 heterocycles. The minimum absolute atomic E-state index is 0.0603. The van der Waals surface area contributed by atoms with Crippen LogP contribution in [-0.4, -0.2) is 24.2 Å². The van der Waals surface area contributed by atoms with Gasteiger partial charge in [0.25, 0.3) is 5.69 Å². The summed E-state index contributed by atoms with van der Waals surface area (Å²) in [4.78, 5) is 17.0. The zero-order chi connectivity index (χ0) is 22.1. The fourth-order valence-electron chi connectivity index (χ4n) is 3.02. The van der Waals surface area contributed by atoms with Gasteiger partial charge in [0, 0.05) is 37.1 Å². The third kappa shape index (κ3) is 6.30. The molecule has 0 fully saturated rings. The van der Waals surface area contributed by atoms with Crippen molar-refractivity contribution in [2.45, 2.75) is 20.3 Å². The Morgan fingerprint density at radius 3 is 1.90 bits per heavy atom. The summed E-state index contributed by atoms with van der Waals surface area (Å²) in [5.41, 5.74) is 4.34. The molecular weight excluding hydrogens is 390 g/mol. The van der Waals surface area contributed by atoms with E-state index < -0.39 is 4.92 Å². The molecule has 3 aromatic carbocycles. The molecule has 0 aliphatic carbocycles. The van der Waals surface area contributed by atoms with Crippen molar-refractivity contribution in [2.24, 2.45) is 15.2 Å². The molecule has 0 atom stereocenters. The zero-order valence-corrected chi connectivity index (χ0v) is 17.7. The molecule has 0 N–H and O–H groups in total. The van der Waals surface area contributed by atoms with E-state index in [0.29, 0.717) is 0 Å². The van der Waals surface area contributed by atoms with Gasteiger partial charge < -0.3 is 4.90 Å². The smallest absolute Gasteiger partial charge is 0.269 e. The summed E-state index contributed by atoms with van der Waals surface area (Å²) in [6.45, 7) is 6.35. The molecule has 0 bridgehead atoms. The number of non-ortho nitro benzene ring substituents is 1. The van der Waals surface area contributed by atoms with Gasteiger partial charge in [0.15, 0.2) is 0 Å². The van der Waals surface area contributed by atoms with Gasteiger partial charge in [0.2, 0.25) is 0 Å². The standard InChI is InChI=1S/C24H25N5O2/c1-3-17-28(4-2)23-15-11-22(12-16-23)27-26-21-9-7-20(8-10-21)25-18-19-5-13-24(14-6-19)29(30)31/h5-16,18H,3-4,17H2,1-2H3. The fourth-order valence-corrected chi connectivity index (χ4v) is 3.02. The van der Waals surface area contributed by atoms with Crippen LogP contribution >= 0.6 is 0 Å². The summed E-state index contributed by atoms with van der Waals surface area (Å²) >= 11 is 0. The lowest BCUT2D eigenvalue weighted by atomic mass is 10.2. The van der Waals surface area contributed by atoms with Crippen LogP contribution in [0, 0.1) is 10.1 Å². The first-order chi connectivity index (χ1) is 15.1. The second-order valence-electron chi connectivity index (χ2n) is 6.92. The molecule has 3 aromatic rings. The Hall–Kier alpha value is -3.87. The molecular formula is C24H25N5O2. The van der Waals surface area contributed by atoms with Crippen molar-refractivity contribution >= 4 is 34.7 Å². The van der Waals surface area contributed by atoms with E-state index in [1.165, 1.54) is 17.8 Å². The third-order valence-electron chi connectivity index (χ3n) is 4.69. The first-order valence-corrected chi connectivity index (χ1v) is 10.2. The molecule has 7 nitrogen and oxygen atoms in total. The number of hydrogen-bond donors (Lipinski definition) is 0. The molecule has 0 radical (unpaired) electrons.